The van der Waals surface area contributed by atoms with Gasteiger partial charge in [0.25, 0.3) is 11.1 Å². The Balaban J connectivity index is 1.75. The predicted octanol–water partition coefficient (Wildman–Crippen LogP) is 5.10. The molecule has 0 atom stereocenters. The number of hydrogen-bond donors (Lipinski definition) is 2. The molecule has 1 aliphatic rings. The molecule has 6 nitrogen and oxygen atoms in total. The van der Waals surface area contributed by atoms with Crippen LogP contribution < -0.4 is 5.32 Å². The summed E-state index contributed by atoms with van der Waals surface area (Å²) in [5.74, 6) is -1.29. The molecule has 150 valence electrons. The molecule has 3 amide bonds. The fourth-order valence-corrected chi connectivity index (χ4v) is 4.30. The summed E-state index contributed by atoms with van der Waals surface area (Å²) in [7, 11) is 0. The van der Waals surface area contributed by atoms with Gasteiger partial charge in [0.1, 0.15) is 12.3 Å². The first-order valence-corrected chi connectivity index (χ1v) is 10.4. The number of aryl methyl sites for hydroxylation is 2. The van der Waals surface area contributed by atoms with Crippen LogP contribution in [-0.4, -0.2) is 33.6 Å². The first kappa shape index (κ1) is 21.4. The molecule has 2 aromatic carbocycles. The number of halogens is 2. The van der Waals surface area contributed by atoms with Gasteiger partial charge in [0.15, 0.2) is 0 Å². The van der Waals surface area contributed by atoms with E-state index in [0.717, 1.165) is 16.0 Å². The van der Waals surface area contributed by atoms with E-state index < -0.39 is 23.6 Å². The number of hydrogen-bond acceptors (Lipinski definition) is 5. The van der Waals surface area contributed by atoms with Gasteiger partial charge < -0.3 is 10.4 Å². The van der Waals surface area contributed by atoms with Crippen LogP contribution in [0.5, 0.6) is 5.75 Å². The normalized spacial score (nSPS) is 15.3. The number of carbonyl (C=O) groups excluding carboxylic acids is 3. The topological polar surface area (TPSA) is 86.7 Å². The maximum atomic E-state index is 12.6. The zero-order valence-electron chi connectivity index (χ0n) is 15.5. The van der Waals surface area contributed by atoms with Crippen LogP contribution in [0.15, 0.2) is 39.7 Å². The SMILES string of the molecule is Cc1ccc(NC(=O)CN2C(=O)S/C(=C\c3cc(Br)cc(Cl)c3O)C2=O)cc1C. The quantitative estimate of drug-likeness (QED) is 0.576. The average molecular weight is 496 g/mol. The Kier molecular flexibility index (Phi) is 6.36. The molecule has 0 spiro atoms. The zero-order valence-corrected chi connectivity index (χ0v) is 18.6. The lowest BCUT2D eigenvalue weighted by molar-refractivity contribution is -0.127. The molecule has 9 heteroatoms. The summed E-state index contributed by atoms with van der Waals surface area (Å²) >= 11 is 9.89. The van der Waals surface area contributed by atoms with Crippen LogP contribution in [0.25, 0.3) is 6.08 Å². The molecular formula is C20H16BrClN2O4S. The van der Waals surface area contributed by atoms with Crippen LogP contribution in [0.1, 0.15) is 16.7 Å². The van der Waals surface area contributed by atoms with Crippen LogP contribution in [0.2, 0.25) is 5.02 Å². The van der Waals surface area contributed by atoms with Crippen LogP contribution in [0.3, 0.4) is 0 Å². The number of phenolic OH excluding ortho intramolecular Hbond substituents is 1. The van der Waals surface area contributed by atoms with Crippen molar-refractivity contribution in [3.8, 4) is 5.75 Å². The molecule has 29 heavy (non-hydrogen) atoms. The van der Waals surface area contributed by atoms with Crippen molar-refractivity contribution < 1.29 is 19.5 Å². The number of imide groups is 1. The molecule has 2 N–H and O–H groups in total. The second-order valence-electron chi connectivity index (χ2n) is 6.44. The molecule has 1 saturated heterocycles. The van der Waals surface area contributed by atoms with Gasteiger partial charge in [-0.05, 0) is 67.1 Å². The van der Waals surface area contributed by atoms with E-state index in [0.29, 0.717) is 21.9 Å². The summed E-state index contributed by atoms with van der Waals surface area (Å²) < 4.78 is 0.610. The summed E-state index contributed by atoms with van der Waals surface area (Å²) in [5.41, 5.74) is 2.99. The molecule has 1 heterocycles. The summed E-state index contributed by atoms with van der Waals surface area (Å²) in [6, 6.07) is 8.54. The molecule has 1 fully saturated rings. The van der Waals surface area contributed by atoms with Gasteiger partial charge in [-0.3, -0.25) is 19.3 Å². The summed E-state index contributed by atoms with van der Waals surface area (Å²) in [6.45, 7) is 3.49. The van der Waals surface area contributed by atoms with Crippen molar-refractivity contribution in [1.82, 2.24) is 4.90 Å². The Morgan fingerprint density at radius 2 is 1.97 bits per heavy atom. The summed E-state index contributed by atoms with van der Waals surface area (Å²) in [6.07, 6.45) is 1.37. The van der Waals surface area contributed by atoms with Gasteiger partial charge in [-0.1, -0.05) is 33.6 Å². The minimum absolute atomic E-state index is 0.0958. The Bertz CT molecular complexity index is 1070. The monoisotopic (exact) mass is 494 g/mol. The third-order valence-corrected chi connectivity index (χ3v) is 5.96. The van der Waals surface area contributed by atoms with E-state index >= 15 is 0 Å². The maximum absolute atomic E-state index is 12.6. The van der Waals surface area contributed by atoms with Gasteiger partial charge in [0, 0.05) is 15.7 Å². The fourth-order valence-electron chi connectivity index (χ4n) is 2.64. The fraction of sp³-hybridized carbons (Fsp3) is 0.150. The summed E-state index contributed by atoms with van der Waals surface area (Å²) in [4.78, 5) is 38.1. The van der Waals surface area contributed by atoms with Gasteiger partial charge in [-0.25, -0.2) is 0 Å². The van der Waals surface area contributed by atoms with E-state index in [-0.39, 0.29) is 21.2 Å². The van der Waals surface area contributed by atoms with E-state index in [1.54, 1.807) is 12.1 Å². The number of nitrogens with zero attached hydrogens (tertiary/aromatic N) is 1. The van der Waals surface area contributed by atoms with Crippen molar-refractivity contribution in [3.05, 3.63) is 61.4 Å². The number of phenols is 1. The largest absolute Gasteiger partial charge is 0.506 e. The van der Waals surface area contributed by atoms with Crippen LogP contribution in [-0.2, 0) is 9.59 Å². The van der Waals surface area contributed by atoms with E-state index in [9.17, 15) is 19.5 Å². The number of amides is 3. The van der Waals surface area contributed by atoms with Crippen LogP contribution in [0, 0.1) is 13.8 Å². The molecule has 1 aliphatic heterocycles. The highest BCUT2D eigenvalue weighted by Gasteiger charge is 2.36. The van der Waals surface area contributed by atoms with Gasteiger partial charge >= 0.3 is 0 Å². The van der Waals surface area contributed by atoms with E-state index in [1.807, 2.05) is 26.0 Å². The molecule has 3 rings (SSSR count). The van der Waals surface area contributed by atoms with Crippen molar-refractivity contribution in [2.45, 2.75) is 13.8 Å². The Hall–Kier alpha value is -2.29. The standard InChI is InChI=1S/C20H16BrClN2O4S/c1-10-3-4-14(5-11(10)2)23-17(25)9-24-19(27)16(29-20(24)28)7-12-6-13(21)8-15(22)18(12)26/h3-8,26H,9H2,1-2H3,(H,23,25)/b16-7-. The first-order valence-electron chi connectivity index (χ1n) is 8.46. The molecule has 2 aromatic rings. The number of nitrogens with one attached hydrogen (secondary N) is 1. The second kappa shape index (κ2) is 8.61. The molecular weight excluding hydrogens is 480 g/mol. The molecule has 0 aliphatic carbocycles. The Labute approximate surface area is 185 Å². The Morgan fingerprint density at radius 1 is 1.24 bits per heavy atom. The van der Waals surface area contributed by atoms with Crippen molar-refractivity contribution in [1.29, 1.82) is 0 Å². The highest BCUT2D eigenvalue weighted by atomic mass is 79.9. The van der Waals surface area contributed by atoms with Crippen molar-refractivity contribution in [2.24, 2.45) is 0 Å². The highest BCUT2D eigenvalue weighted by molar-refractivity contribution is 9.10. The van der Waals surface area contributed by atoms with Crippen LogP contribution >= 0.6 is 39.3 Å². The number of benzene rings is 2. The smallest absolute Gasteiger partial charge is 0.294 e. The number of aromatic hydroxyl groups is 1. The minimum atomic E-state index is -0.606. The van der Waals surface area contributed by atoms with Gasteiger partial charge in [0.2, 0.25) is 5.91 Å². The average Bonchev–Trinajstić information content (AvgIpc) is 2.90. The van der Waals surface area contributed by atoms with E-state index in [2.05, 4.69) is 21.2 Å². The van der Waals surface area contributed by atoms with Crippen molar-refractivity contribution in [3.63, 3.8) is 0 Å². The summed E-state index contributed by atoms with van der Waals surface area (Å²) in [5, 5.41) is 12.3. The number of thioether (sulfide) groups is 1. The Morgan fingerprint density at radius 3 is 2.66 bits per heavy atom. The lowest BCUT2D eigenvalue weighted by atomic mass is 10.1. The third kappa shape index (κ3) is 4.83. The predicted molar refractivity (Wildman–Crippen MR) is 118 cm³/mol. The van der Waals surface area contributed by atoms with E-state index in [4.69, 9.17) is 11.6 Å². The lowest BCUT2D eigenvalue weighted by Crippen LogP contribution is -2.36. The molecule has 0 aromatic heterocycles. The minimum Gasteiger partial charge on any atom is -0.506 e. The molecule has 0 unspecified atom stereocenters. The first-order chi connectivity index (χ1) is 13.7. The molecule has 0 bridgehead atoms. The van der Waals surface area contributed by atoms with Gasteiger partial charge in [0.05, 0.1) is 9.93 Å². The highest BCUT2D eigenvalue weighted by Crippen LogP contribution is 2.37. The third-order valence-electron chi connectivity index (χ3n) is 4.31. The van der Waals surface area contributed by atoms with Crippen LogP contribution in [0.4, 0.5) is 10.5 Å². The number of rotatable bonds is 4. The number of carbonyl (C=O) groups is 3. The van der Waals surface area contributed by atoms with E-state index in [1.165, 1.54) is 12.1 Å². The lowest BCUT2D eigenvalue weighted by Gasteiger charge is -2.13. The molecule has 0 radical (unpaired) electrons. The second-order valence-corrected chi connectivity index (χ2v) is 8.76. The van der Waals surface area contributed by atoms with Crippen molar-refractivity contribution >= 4 is 68.1 Å². The van der Waals surface area contributed by atoms with Crippen molar-refractivity contribution in [2.75, 3.05) is 11.9 Å². The van der Waals surface area contributed by atoms with Gasteiger partial charge in [-0.2, -0.15) is 0 Å². The number of anilines is 1. The maximum Gasteiger partial charge on any atom is 0.294 e. The van der Waals surface area contributed by atoms with Gasteiger partial charge in [-0.15, -0.1) is 0 Å². The molecule has 0 saturated carbocycles. The zero-order chi connectivity index (χ0) is 21.3.